The molecule has 2 heterocycles. The standard InChI is InChI=1S/C22H27N3O2/c1-27-16-15-24-13-11-18(12-14-24)25-21(17-7-3-2-4-8-17)19-9-5-6-10-20(19)23-22(25)26/h2-10,18,21H,11-16H2,1H3,(H,23,26). The minimum atomic E-state index is -0.0355. The first-order valence-electron chi connectivity index (χ1n) is 9.72. The van der Waals surface area contributed by atoms with Gasteiger partial charge in [0, 0.05) is 44.0 Å². The van der Waals surface area contributed by atoms with Crippen LogP contribution in [0.2, 0.25) is 0 Å². The zero-order valence-electron chi connectivity index (χ0n) is 15.8. The van der Waals surface area contributed by atoms with E-state index < -0.39 is 0 Å². The van der Waals surface area contributed by atoms with Crippen molar-refractivity contribution in [3.8, 4) is 0 Å². The monoisotopic (exact) mass is 365 g/mol. The molecule has 4 rings (SSSR count). The molecule has 0 radical (unpaired) electrons. The van der Waals surface area contributed by atoms with Crippen LogP contribution in [0.3, 0.4) is 0 Å². The Hall–Kier alpha value is -2.37. The lowest BCUT2D eigenvalue weighted by Crippen LogP contribution is -2.52. The van der Waals surface area contributed by atoms with Crippen molar-refractivity contribution in [3.05, 3.63) is 65.7 Å². The van der Waals surface area contributed by atoms with Crippen LogP contribution in [0.1, 0.15) is 30.0 Å². The van der Waals surface area contributed by atoms with Gasteiger partial charge in [-0.05, 0) is 24.5 Å². The van der Waals surface area contributed by atoms with Crippen LogP contribution in [0.5, 0.6) is 0 Å². The molecule has 2 aromatic rings. The third kappa shape index (κ3) is 3.70. The van der Waals surface area contributed by atoms with E-state index >= 15 is 0 Å². The number of benzene rings is 2. The summed E-state index contributed by atoms with van der Waals surface area (Å²) in [4.78, 5) is 17.6. The van der Waals surface area contributed by atoms with E-state index in [1.54, 1.807) is 7.11 Å². The molecular weight excluding hydrogens is 338 g/mol. The van der Waals surface area contributed by atoms with Gasteiger partial charge in [0.25, 0.3) is 0 Å². The Morgan fingerprint density at radius 2 is 1.74 bits per heavy atom. The van der Waals surface area contributed by atoms with Gasteiger partial charge in [-0.15, -0.1) is 0 Å². The van der Waals surface area contributed by atoms with Crippen LogP contribution >= 0.6 is 0 Å². The van der Waals surface area contributed by atoms with Gasteiger partial charge in [0.2, 0.25) is 0 Å². The van der Waals surface area contributed by atoms with Crippen LogP contribution in [0.4, 0.5) is 10.5 Å². The third-order valence-corrected chi connectivity index (χ3v) is 5.69. The number of piperidine rings is 1. The van der Waals surface area contributed by atoms with Crippen LogP contribution in [-0.4, -0.2) is 55.2 Å². The highest BCUT2D eigenvalue weighted by atomic mass is 16.5. The van der Waals surface area contributed by atoms with E-state index in [2.05, 4.69) is 51.5 Å². The number of rotatable bonds is 5. The average Bonchev–Trinajstić information content (AvgIpc) is 2.72. The second-order valence-electron chi connectivity index (χ2n) is 7.30. The summed E-state index contributed by atoms with van der Waals surface area (Å²) in [6.07, 6.45) is 1.98. The molecule has 0 spiro atoms. The Labute approximate surface area is 160 Å². The topological polar surface area (TPSA) is 44.8 Å². The van der Waals surface area contributed by atoms with Gasteiger partial charge >= 0.3 is 6.03 Å². The lowest BCUT2D eigenvalue weighted by atomic mass is 9.90. The van der Waals surface area contributed by atoms with E-state index in [1.807, 2.05) is 18.2 Å². The van der Waals surface area contributed by atoms with Gasteiger partial charge in [-0.2, -0.15) is 0 Å². The van der Waals surface area contributed by atoms with Crippen molar-refractivity contribution in [3.63, 3.8) is 0 Å². The number of urea groups is 1. The summed E-state index contributed by atoms with van der Waals surface area (Å²) in [5, 5.41) is 3.11. The number of fused-ring (bicyclic) bond motifs is 1. The summed E-state index contributed by atoms with van der Waals surface area (Å²) in [6.45, 7) is 3.72. The molecule has 2 amide bonds. The quantitative estimate of drug-likeness (QED) is 0.878. The van der Waals surface area contributed by atoms with E-state index in [-0.39, 0.29) is 18.1 Å². The number of likely N-dealkylation sites (tertiary alicyclic amines) is 1. The van der Waals surface area contributed by atoms with Gasteiger partial charge in [-0.3, -0.25) is 0 Å². The van der Waals surface area contributed by atoms with Crippen LogP contribution in [0, 0.1) is 0 Å². The maximum Gasteiger partial charge on any atom is 0.322 e. The minimum Gasteiger partial charge on any atom is -0.383 e. The number of amides is 2. The van der Waals surface area contributed by atoms with Gasteiger partial charge in [-0.1, -0.05) is 48.5 Å². The summed E-state index contributed by atoms with van der Waals surface area (Å²) in [6, 6.07) is 18.8. The van der Waals surface area contributed by atoms with Crippen molar-refractivity contribution in [1.29, 1.82) is 0 Å². The van der Waals surface area contributed by atoms with E-state index in [0.717, 1.165) is 44.8 Å². The van der Waals surface area contributed by atoms with E-state index in [4.69, 9.17) is 4.74 Å². The van der Waals surface area contributed by atoms with Crippen LogP contribution < -0.4 is 5.32 Å². The highest BCUT2D eigenvalue weighted by Crippen LogP contribution is 2.40. The van der Waals surface area contributed by atoms with Crippen molar-refractivity contribution >= 4 is 11.7 Å². The van der Waals surface area contributed by atoms with Gasteiger partial charge in [-0.25, -0.2) is 4.79 Å². The maximum atomic E-state index is 13.1. The van der Waals surface area contributed by atoms with Gasteiger partial charge in [0.15, 0.2) is 0 Å². The number of para-hydroxylation sites is 1. The first kappa shape index (κ1) is 18.0. The fourth-order valence-electron chi connectivity index (χ4n) is 4.29. The minimum absolute atomic E-state index is 0.0119. The van der Waals surface area contributed by atoms with E-state index in [9.17, 15) is 4.79 Å². The Morgan fingerprint density at radius 1 is 1.04 bits per heavy atom. The molecular formula is C22H27N3O2. The molecule has 1 saturated heterocycles. The molecule has 0 bridgehead atoms. The van der Waals surface area contributed by atoms with Crippen LogP contribution in [-0.2, 0) is 4.74 Å². The Bertz CT molecular complexity index is 772. The summed E-state index contributed by atoms with van der Waals surface area (Å²) in [5.41, 5.74) is 3.26. The summed E-state index contributed by atoms with van der Waals surface area (Å²) < 4.78 is 5.20. The van der Waals surface area contributed by atoms with Gasteiger partial charge in [0.05, 0.1) is 12.6 Å². The molecule has 1 fully saturated rings. The molecule has 1 unspecified atom stereocenters. The SMILES string of the molecule is COCCN1CCC(N2C(=O)Nc3ccccc3C2c2ccccc2)CC1. The van der Waals surface area contributed by atoms with Gasteiger partial charge < -0.3 is 19.9 Å². The summed E-state index contributed by atoms with van der Waals surface area (Å²) >= 11 is 0. The molecule has 0 saturated carbocycles. The Kier molecular flexibility index (Phi) is 5.41. The van der Waals surface area contributed by atoms with Gasteiger partial charge in [0.1, 0.15) is 0 Å². The zero-order chi connectivity index (χ0) is 18.6. The molecule has 5 nitrogen and oxygen atoms in total. The fraction of sp³-hybridized carbons (Fsp3) is 0.409. The highest BCUT2D eigenvalue weighted by molar-refractivity contribution is 5.93. The van der Waals surface area contributed by atoms with E-state index in [0.29, 0.717) is 0 Å². The molecule has 2 aliphatic rings. The number of carbonyl (C=O) groups is 1. The van der Waals surface area contributed by atoms with Crippen LogP contribution in [0.25, 0.3) is 0 Å². The predicted molar refractivity (Wildman–Crippen MR) is 107 cm³/mol. The van der Waals surface area contributed by atoms with Crippen LogP contribution in [0.15, 0.2) is 54.6 Å². The van der Waals surface area contributed by atoms with Crippen molar-refractivity contribution in [2.75, 3.05) is 38.7 Å². The zero-order valence-corrected chi connectivity index (χ0v) is 15.8. The lowest BCUT2D eigenvalue weighted by Gasteiger charge is -2.45. The average molecular weight is 365 g/mol. The number of nitrogens with one attached hydrogen (secondary N) is 1. The van der Waals surface area contributed by atoms with Crippen molar-refractivity contribution in [2.24, 2.45) is 0 Å². The van der Waals surface area contributed by atoms with Crippen molar-refractivity contribution < 1.29 is 9.53 Å². The lowest BCUT2D eigenvalue weighted by molar-refractivity contribution is 0.0888. The predicted octanol–water partition coefficient (Wildman–Crippen LogP) is 3.73. The number of carbonyl (C=O) groups excluding carboxylic acids is 1. The molecule has 142 valence electrons. The molecule has 2 aliphatic heterocycles. The number of nitrogens with zero attached hydrogens (tertiary/aromatic N) is 2. The first-order chi connectivity index (χ1) is 13.3. The second kappa shape index (κ2) is 8.11. The third-order valence-electron chi connectivity index (χ3n) is 5.69. The van der Waals surface area contributed by atoms with Crippen molar-refractivity contribution in [2.45, 2.75) is 24.9 Å². The molecule has 5 heteroatoms. The molecule has 27 heavy (non-hydrogen) atoms. The Balaban J connectivity index is 1.62. The molecule has 2 aromatic carbocycles. The number of hydrogen-bond donors (Lipinski definition) is 1. The fourth-order valence-corrected chi connectivity index (χ4v) is 4.29. The normalized spacial score (nSPS) is 21.0. The number of methoxy groups -OCH3 is 1. The second-order valence-corrected chi connectivity index (χ2v) is 7.30. The number of anilines is 1. The Morgan fingerprint density at radius 3 is 2.48 bits per heavy atom. The highest BCUT2D eigenvalue weighted by Gasteiger charge is 2.38. The molecule has 0 aromatic heterocycles. The van der Waals surface area contributed by atoms with Crippen molar-refractivity contribution in [1.82, 2.24) is 9.80 Å². The summed E-state index contributed by atoms with van der Waals surface area (Å²) in [7, 11) is 1.74. The number of ether oxygens (including phenoxy) is 1. The smallest absolute Gasteiger partial charge is 0.322 e. The maximum absolute atomic E-state index is 13.1. The molecule has 1 N–H and O–H groups in total. The largest absolute Gasteiger partial charge is 0.383 e. The first-order valence-corrected chi connectivity index (χ1v) is 9.72. The van der Waals surface area contributed by atoms with E-state index in [1.165, 1.54) is 11.1 Å². The molecule has 1 atom stereocenters. The number of hydrogen-bond acceptors (Lipinski definition) is 3. The summed E-state index contributed by atoms with van der Waals surface area (Å²) in [5.74, 6) is 0. The molecule has 0 aliphatic carbocycles.